The first-order valence-electron chi connectivity index (χ1n) is 14.9. The second-order valence-electron chi connectivity index (χ2n) is 10.5. The van der Waals surface area contributed by atoms with Crippen molar-refractivity contribution in [3.8, 4) is 0 Å². The summed E-state index contributed by atoms with van der Waals surface area (Å²) < 4.78 is 34.4. The Balaban J connectivity index is 2.25. The van der Waals surface area contributed by atoms with Gasteiger partial charge in [-0.2, -0.15) is 4.31 Å². The van der Waals surface area contributed by atoms with E-state index in [1.54, 1.807) is 0 Å². The van der Waals surface area contributed by atoms with Crippen LogP contribution in [-0.4, -0.2) is 77.8 Å². The first kappa shape index (κ1) is 34.3. The summed E-state index contributed by atoms with van der Waals surface area (Å²) in [6.07, 6.45) is 10.3. The van der Waals surface area contributed by atoms with Gasteiger partial charge in [-0.25, -0.2) is 13.2 Å². The van der Waals surface area contributed by atoms with Gasteiger partial charge in [0.2, 0.25) is 9.47 Å². The topological polar surface area (TPSA) is 105 Å². The molecule has 1 saturated heterocycles. The number of unbranched alkanes of at least 4 members (excludes halogenated alkanes) is 3. The molecule has 39 heavy (non-hydrogen) atoms. The fourth-order valence-corrected chi connectivity index (χ4v) is 8.98. The molecule has 0 spiro atoms. The van der Waals surface area contributed by atoms with Gasteiger partial charge in [0.05, 0.1) is 0 Å². The number of thioether (sulfide) groups is 1. The van der Waals surface area contributed by atoms with E-state index in [9.17, 15) is 13.2 Å². The maximum atomic E-state index is 13.6. The van der Waals surface area contributed by atoms with Crippen molar-refractivity contribution < 1.29 is 17.9 Å². The quantitative estimate of drug-likeness (QED) is 0.172. The molecule has 0 aromatic carbocycles. The second-order valence-corrected chi connectivity index (χ2v) is 14.7. The van der Waals surface area contributed by atoms with Crippen LogP contribution in [0.4, 0.5) is 9.93 Å². The van der Waals surface area contributed by atoms with Gasteiger partial charge in [0.1, 0.15) is 5.44 Å². The molecule has 2 heterocycles. The van der Waals surface area contributed by atoms with Gasteiger partial charge in [0.25, 0.3) is 10.0 Å². The van der Waals surface area contributed by atoms with E-state index in [-0.39, 0.29) is 26.4 Å². The molecular weight excluding hydrogens is 555 g/mol. The minimum atomic E-state index is -3.76. The molecule has 0 aliphatic carbocycles. The summed E-state index contributed by atoms with van der Waals surface area (Å²) >= 11 is 2.81. The zero-order chi connectivity index (χ0) is 28.7. The Labute approximate surface area is 245 Å². The number of urea groups is 1. The lowest BCUT2D eigenvalue weighted by atomic mass is 9.79. The van der Waals surface area contributed by atoms with Crippen LogP contribution in [0.15, 0.2) is 4.34 Å². The number of ether oxygens (including phenoxy) is 1. The van der Waals surface area contributed by atoms with Crippen molar-refractivity contribution in [2.75, 3.05) is 43.9 Å². The number of anilines is 1. The number of amides is 2. The molecule has 1 fully saturated rings. The van der Waals surface area contributed by atoms with Crippen molar-refractivity contribution >= 4 is 44.3 Å². The van der Waals surface area contributed by atoms with Gasteiger partial charge >= 0.3 is 6.03 Å². The second kappa shape index (κ2) is 17.8. The molecule has 1 N–H and O–H groups in total. The van der Waals surface area contributed by atoms with Gasteiger partial charge in [-0.15, -0.1) is 22.0 Å². The molecule has 1 aromatic rings. The van der Waals surface area contributed by atoms with Crippen LogP contribution < -0.4 is 5.32 Å². The number of nitrogens with zero attached hydrogens (tertiary/aromatic N) is 4. The third kappa shape index (κ3) is 10.1. The average Bonchev–Trinajstić information content (AvgIpc) is 3.41. The van der Waals surface area contributed by atoms with E-state index in [0.29, 0.717) is 26.2 Å². The molecule has 0 radical (unpaired) electrons. The smallest absolute Gasteiger partial charge is 0.323 e. The molecule has 0 bridgehead atoms. The summed E-state index contributed by atoms with van der Waals surface area (Å²) in [4.78, 5) is 15.5. The van der Waals surface area contributed by atoms with Crippen molar-refractivity contribution in [3.05, 3.63) is 0 Å². The van der Waals surface area contributed by atoms with Crippen molar-refractivity contribution in [1.29, 1.82) is 0 Å². The normalized spacial score (nSPS) is 16.5. The van der Waals surface area contributed by atoms with E-state index in [2.05, 4.69) is 36.3 Å². The molecule has 1 atom stereocenters. The number of nitrogens with one attached hydrogen (secondary N) is 1. The number of aromatic nitrogens is 2. The summed E-state index contributed by atoms with van der Waals surface area (Å²) in [5.41, 5.74) is -0.0625. The molecule has 226 valence electrons. The van der Waals surface area contributed by atoms with E-state index in [4.69, 9.17) is 4.74 Å². The molecule has 1 unspecified atom stereocenters. The molecule has 12 heteroatoms. The fraction of sp³-hybridized carbons (Fsp3) is 0.889. The highest BCUT2D eigenvalue weighted by molar-refractivity contribution is 7.99. The fourth-order valence-electron chi connectivity index (χ4n) is 5.08. The van der Waals surface area contributed by atoms with Crippen LogP contribution in [0, 0.1) is 5.41 Å². The van der Waals surface area contributed by atoms with Crippen LogP contribution in [0.3, 0.4) is 0 Å². The highest BCUT2D eigenvalue weighted by Crippen LogP contribution is 2.43. The van der Waals surface area contributed by atoms with Gasteiger partial charge in [-0.3, -0.25) is 5.32 Å². The lowest BCUT2D eigenvalue weighted by Crippen LogP contribution is -2.49. The predicted molar refractivity (Wildman–Crippen MR) is 163 cm³/mol. The van der Waals surface area contributed by atoms with Crippen LogP contribution in [0.1, 0.15) is 105 Å². The van der Waals surface area contributed by atoms with Crippen molar-refractivity contribution in [2.45, 2.75) is 115 Å². The lowest BCUT2D eigenvalue weighted by molar-refractivity contribution is -0.0129. The number of rotatable bonds is 19. The molecule has 1 aromatic heterocycles. The van der Waals surface area contributed by atoms with Gasteiger partial charge in [-0.1, -0.05) is 78.1 Å². The maximum Gasteiger partial charge on any atom is 0.323 e. The summed E-state index contributed by atoms with van der Waals surface area (Å²) in [6.45, 7) is 13.5. The molecule has 1 aliphatic heterocycles. The SMILES string of the molecule is CCCCN(CC(CCC)(CCC)C1OCCCS1)C(=O)Nc1nnc(S(=O)(=O)N(CCCC)CCCC)s1. The Morgan fingerprint density at radius 2 is 1.59 bits per heavy atom. The lowest BCUT2D eigenvalue weighted by Gasteiger charge is -2.44. The highest BCUT2D eigenvalue weighted by atomic mass is 32.2. The minimum Gasteiger partial charge on any atom is -0.367 e. The highest BCUT2D eigenvalue weighted by Gasteiger charge is 2.42. The molecular formula is C27H51N5O4S3. The average molecular weight is 606 g/mol. The van der Waals surface area contributed by atoms with E-state index >= 15 is 0 Å². The van der Waals surface area contributed by atoms with Crippen molar-refractivity contribution in [1.82, 2.24) is 19.4 Å². The first-order valence-corrected chi connectivity index (χ1v) is 18.2. The zero-order valence-corrected chi connectivity index (χ0v) is 27.2. The van der Waals surface area contributed by atoms with E-state index in [1.807, 2.05) is 30.5 Å². The standard InChI is InChI=1S/C27H51N5O4S3/c1-6-11-17-31(22-27(15-9-4,16-10-5)23-36-20-14-21-37-23)25(33)28-24-29-30-26(38-24)39(34,35)32(18-12-7-2)19-13-8-3/h23H,6-22H2,1-5H3,(H,28,29,33). The maximum absolute atomic E-state index is 13.6. The molecule has 9 nitrogen and oxygen atoms in total. The summed E-state index contributed by atoms with van der Waals surface area (Å²) in [5, 5.41) is 11.1. The third-order valence-electron chi connectivity index (χ3n) is 7.10. The Bertz CT molecular complexity index is 924. The number of sulfonamides is 1. The molecule has 2 rings (SSSR count). The predicted octanol–water partition coefficient (Wildman–Crippen LogP) is 6.83. The monoisotopic (exact) mass is 605 g/mol. The van der Waals surface area contributed by atoms with Crippen LogP contribution >= 0.6 is 23.1 Å². The first-order chi connectivity index (χ1) is 18.8. The van der Waals surface area contributed by atoms with Crippen LogP contribution in [-0.2, 0) is 14.8 Å². The van der Waals surface area contributed by atoms with Gasteiger partial charge in [0, 0.05) is 38.2 Å². The Kier molecular flexibility index (Phi) is 15.6. The molecule has 2 amide bonds. The van der Waals surface area contributed by atoms with E-state index in [0.717, 1.165) is 94.3 Å². The van der Waals surface area contributed by atoms with Crippen molar-refractivity contribution in [2.24, 2.45) is 5.41 Å². The van der Waals surface area contributed by atoms with Gasteiger partial charge in [-0.05, 0) is 44.3 Å². The van der Waals surface area contributed by atoms with Crippen LogP contribution in [0.5, 0.6) is 0 Å². The number of hydrogen-bond donors (Lipinski definition) is 1. The van der Waals surface area contributed by atoms with Gasteiger partial charge in [0.15, 0.2) is 0 Å². The van der Waals surface area contributed by atoms with Crippen LogP contribution in [0.25, 0.3) is 0 Å². The Morgan fingerprint density at radius 1 is 0.974 bits per heavy atom. The summed E-state index contributed by atoms with van der Waals surface area (Å²) in [5.74, 6) is 1.08. The Morgan fingerprint density at radius 3 is 2.13 bits per heavy atom. The van der Waals surface area contributed by atoms with E-state index in [1.165, 1.54) is 4.31 Å². The Hall–Kier alpha value is -0.950. The minimum absolute atomic E-state index is 0.0663. The molecule has 1 aliphatic rings. The summed E-state index contributed by atoms with van der Waals surface area (Å²) in [7, 11) is -3.76. The van der Waals surface area contributed by atoms with Crippen molar-refractivity contribution in [3.63, 3.8) is 0 Å². The summed E-state index contributed by atoms with van der Waals surface area (Å²) in [6, 6.07) is -0.255. The number of carbonyl (C=O) groups excluding carboxylic acids is 1. The third-order valence-corrected chi connectivity index (χ3v) is 11.6. The zero-order valence-electron chi connectivity index (χ0n) is 24.7. The number of carbonyl (C=O) groups is 1. The molecule has 0 saturated carbocycles. The van der Waals surface area contributed by atoms with Crippen LogP contribution in [0.2, 0.25) is 0 Å². The largest absolute Gasteiger partial charge is 0.367 e. The number of hydrogen-bond acceptors (Lipinski definition) is 8. The van der Waals surface area contributed by atoms with E-state index < -0.39 is 10.0 Å². The van der Waals surface area contributed by atoms with Gasteiger partial charge < -0.3 is 9.64 Å².